The first-order valence-corrected chi connectivity index (χ1v) is 11.8. The van der Waals surface area contributed by atoms with Crippen LogP contribution in [-0.4, -0.2) is 60.4 Å². The van der Waals surface area contributed by atoms with Gasteiger partial charge in [-0.1, -0.05) is 12.1 Å². The second-order valence-corrected chi connectivity index (χ2v) is 8.51. The van der Waals surface area contributed by atoms with Crippen molar-refractivity contribution in [2.75, 3.05) is 45.8 Å². The van der Waals surface area contributed by atoms with Gasteiger partial charge in [-0.15, -0.1) is 0 Å². The van der Waals surface area contributed by atoms with Gasteiger partial charge < -0.3 is 29.5 Å². The Bertz CT molecular complexity index is 1110. The largest absolute Gasteiger partial charge is 0.494 e. The number of rotatable bonds is 10. The van der Waals surface area contributed by atoms with E-state index in [1.54, 1.807) is 0 Å². The molecule has 0 spiro atoms. The van der Waals surface area contributed by atoms with Crippen LogP contribution in [0.25, 0.3) is 0 Å². The molecule has 2 heterocycles. The summed E-state index contributed by atoms with van der Waals surface area (Å²) >= 11 is 0. The molecule has 0 aliphatic carbocycles. The number of piperidine rings is 1. The highest BCUT2D eigenvalue weighted by Gasteiger charge is 2.21. The highest BCUT2D eigenvalue weighted by atomic mass is 19.1. The van der Waals surface area contributed by atoms with Crippen LogP contribution >= 0.6 is 0 Å². The molecule has 0 unspecified atom stereocenters. The van der Waals surface area contributed by atoms with Crippen molar-refractivity contribution in [1.29, 1.82) is 0 Å². The molecule has 8 nitrogen and oxygen atoms in total. The number of anilines is 2. The van der Waals surface area contributed by atoms with E-state index in [1.165, 1.54) is 32.2 Å². The maximum Gasteiger partial charge on any atom is 0.227 e. The molecule has 1 aromatic heterocycles. The van der Waals surface area contributed by atoms with E-state index in [4.69, 9.17) is 19.3 Å². The van der Waals surface area contributed by atoms with Gasteiger partial charge in [-0.2, -0.15) is 0 Å². The van der Waals surface area contributed by atoms with Crippen molar-refractivity contribution in [3.8, 4) is 17.2 Å². The van der Waals surface area contributed by atoms with Crippen molar-refractivity contribution < 1.29 is 28.1 Å². The van der Waals surface area contributed by atoms with Gasteiger partial charge in [0.25, 0.3) is 0 Å². The van der Waals surface area contributed by atoms with E-state index < -0.39 is 11.6 Å². The number of methoxy groups -OCH3 is 2. The lowest BCUT2D eigenvalue weighted by molar-refractivity contribution is 0.164. The van der Waals surface area contributed by atoms with Crippen molar-refractivity contribution in [2.24, 2.45) is 0 Å². The number of aliphatic hydroxyl groups excluding tert-OH is 1. The summed E-state index contributed by atoms with van der Waals surface area (Å²) in [6.07, 6.45) is 5.01. The minimum absolute atomic E-state index is 0.138. The molecule has 36 heavy (non-hydrogen) atoms. The van der Waals surface area contributed by atoms with Crippen LogP contribution in [0.5, 0.6) is 17.2 Å². The molecule has 10 heteroatoms. The standard InChI is InChI=1S/C26H30F2N4O4/c1-34-22-13-23(35-2)25(28)21(24(22)27)16-36-20-14-29-26(30-15-20)31-19-5-3-17(4-6-19)18-7-9-32(10-8-18)11-12-33/h3-6,13-15,18,33H,7-12,16H2,1-2H3,(H,29,30,31). The van der Waals surface area contributed by atoms with Crippen molar-refractivity contribution >= 4 is 11.6 Å². The van der Waals surface area contributed by atoms with Crippen LogP contribution in [0.4, 0.5) is 20.4 Å². The van der Waals surface area contributed by atoms with Gasteiger partial charge in [-0.25, -0.2) is 18.7 Å². The maximum absolute atomic E-state index is 14.5. The average Bonchev–Trinajstić information content (AvgIpc) is 2.91. The minimum atomic E-state index is -0.853. The Morgan fingerprint density at radius 3 is 2.17 bits per heavy atom. The summed E-state index contributed by atoms with van der Waals surface area (Å²) in [7, 11) is 2.58. The third kappa shape index (κ3) is 6.00. The van der Waals surface area contributed by atoms with Gasteiger partial charge in [0.15, 0.2) is 28.9 Å². The van der Waals surface area contributed by atoms with Gasteiger partial charge in [0.1, 0.15) is 6.61 Å². The van der Waals surface area contributed by atoms with E-state index in [2.05, 4.69) is 32.3 Å². The molecule has 1 aliphatic rings. The molecule has 0 atom stereocenters. The van der Waals surface area contributed by atoms with Crippen molar-refractivity contribution in [2.45, 2.75) is 25.4 Å². The zero-order valence-electron chi connectivity index (χ0n) is 20.3. The van der Waals surface area contributed by atoms with E-state index in [0.717, 1.165) is 44.2 Å². The fourth-order valence-corrected chi connectivity index (χ4v) is 4.27. The zero-order chi connectivity index (χ0) is 25.5. The lowest BCUT2D eigenvalue weighted by Gasteiger charge is -2.31. The molecule has 0 amide bonds. The summed E-state index contributed by atoms with van der Waals surface area (Å²) in [4.78, 5) is 10.7. The number of ether oxygens (including phenoxy) is 3. The lowest BCUT2D eigenvalue weighted by atomic mass is 9.89. The molecule has 2 aromatic carbocycles. The highest BCUT2D eigenvalue weighted by Crippen LogP contribution is 2.32. The third-order valence-electron chi connectivity index (χ3n) is 6.32. The first-order chi connectivity index (χ1) is 17.5. The van der Waals surface area contributed by atoms with E-state index in [1.807, 2.05) is 12.1 Å². The molecule has 1 saturated heterocycles. The SMILES string of the molecule is COc1cc(OC)c(F)c(COc2cnc(Nc3ccc(C4CCN(CCO)CC4)cc3)nc2)c1F. The van der Waals surface area contributed by atoms with E-state index >= 15 is 0 Å². The smallest absolute Gasteiger partial charge is 0.227 e. The second kappa shape index (κ2) is 12.0. The molecule has 2 N–H and O–H groups in total. The van der Waals surface area contributed by atoms with E-state index in [-0.39, 0.29) is 36.0 Å². The summed E-state index contributed by atoms with van der Waals surface area (Å²) in [6, 6.07) is 9.34. The topological polar surface area (TPSA) is 89.0 Å². The number of halogens is 2. The minimum Gasteiger partial charge on any atom is -0.494 e. The average molecular weight is 501 g/mol. The second-order valence-electron chi connectivity index (χ2n) is 8.51. The third-order valence-corrected chi connectivity index (χ3v) is 6.32. The van der Waals surface area contributed by atoms with Crippen LogP contribution in [0.3, 0.4) is 0 Å². The maximum atomic E-state index is 14.5. The van der Waals surface area contributed by atoms with Crippen molar-refractivity contribution in [1.82, 2.24) is 14.9 Å². The molecule has 0 radical (unpaired) electrons. The normalized spacial score (nSPS) is 14.5. The Hall–Kier alpha value is -3.50. The Kier molecular flexibility index (Phi) is 8.50. The van der Waals surface area contributed by atoms with Crippen LogP contribution in [0.1, 0.15) is 29.9 Å². The first-order valence-electron chi connectivity index (χ1n) is 11.8. The number of likely N-dealkylation sites (tertiary alicyclic amines) is 1. The van der Waals surface area contributed by atoms with Gasteiger partial charge in [-0.05, 0) is 49.5 Å². The molecule has 1 aliphatic heterocycles. The highest BCUT2D eigenvalue weighted by molar-refractivity contribution is 5.54. The number of hydrogen-bond donors (Lipinski definition) is 2. The summed E-state index contributed by atoms with van der Waals surface area (Å²) in [5.41, 5.74) is 1.83. The molecule has 4 rings (SSSR count). The molecule has 0 saturated carbocycles. The molecule has 3 aromatic rings. The number of nitrogens with zero attached hydrogens (tertiary/aromatic N) is 3. The summed E-state index contributed by atoms with van der Waals surface area (Å²) < 4.78 is 44.4. The van der Waals surface area contributed by atoms with Crippen LogP contribution in [0, 0.1) is 11.6 Å². The fraction of sp³-hybridized carbons (Fsp3) is 0.385. The number of hydrogen-bond acceptors (Lipinski definition) is 8. The summed E-state index contributed by atoms with van der Waals surface area (Å²) in [6.45, 7) is 2.55. The molecule has 0 bridgehead atoms. The first kappa shape index (κ1) is 25.6. The zero-order valence-corrected chi connectivity index (χ0v) is 20.3. The Balaban J connectivity index is 1.33. The van der Waals surface area contributed by atoms with Crippen LogP contribution < -0.4 is 19.5 Å². The molecule has 1 fully saturated rings. The number of benzene rings is 2. The summed E-state index contributed by atoms with van der Waals surface area (Å²) in [5, 5.41) is 12.2. The predicted molar refractivity (Wildman–Crippen MR) is 131 cm³/mol. The molecular formula is C26H30F2N4O4. The van der Waals surface area contributed by atoms with Crippen LogP contribution in [0.15, 0.2) is 42.7 Å². The van der Waals surface area contributed by atoms with Crippen LogP contribution in [-0.2, 0) is 6.61 Å². The lowest BCUT2D eigenvalue weighted by Crippen LogP contribution is -2.34. The monoisotopic (exact) mass is 500 g/mol. The predicted octanol–water partition coefficient (Wildman–Crippen LogP) is 4.27. The Morgan fingerprint density at radius 1 is 1.00 bits per heavy atom. The number of β-amino-alcohol motifs (C(OH)–C–C–N with tert-alkyl or cyclic N) is 1. The van der Waals surface area contributed by atoms with Gasteiger partial charge in [-0.3, -0.25) is 0 Å². The fourth-order valence-electron chi connectivity index (χ4n) is 4.27. The summed E-state index contributed by atoms with van der Waals surface area (Å²) in [5.74, 6) is -0.845. The van der Waals surface area contributed by atoms with Gasteiger partial charge in [0, 0.05) is 18.3 Å². The molecular weight excluding hydrogens is 470 g/mol. The Labute approximate surface area is 208 Å². The number of aliphatic hydroxyl groups is 1. The number of nitrogens with one attached hydrogen (secondary N) is 1. The van der Waals surface area contributed by atoms with Crippen molar-refractivity contribution in [3.63, 3.8) is 0 Å². The quantitative estimate of drug-likeness (QED) is 0.427. The number of aromatic nitrogens is 2. The van der Waals surface area contributed by atoms with Crippen molar-refractivity contribution in [3.05, 3.63) is 65.5 Å². The van der Waals surface area contributed by atoms with Gasteiger partial charge in [0.05, 0.1) is 38.8 Å². The van der Waals surface area contributed by atoms with E-state index in [9.17, 15) is 8.78 Å². The molecule has 192 valence electrons. The van der Waals surface area contributed by atoms with Gasteiger partial charge >= 0.3 is 0 Å². The van der Waals surface area contributed by atoms with E-state index in [0.29, 0.717) is 11.9 Å². The van der Waals surface area contributed by atoms with Gasteiger partial charge in [0.2, 0.25) is 5.95 Å². The van der Waals surface area contributed by atoms with Crippen LogP contribution in [0.2, 0.25) is 0 Å². The Morgan fingerprint density at radius 2 is 1.61 bits per heavy atom.